The first-order chi connectivity index (χ1) is 7.64. The Bertz CT molecular complexity index is 322. The van der Waals surface area contributed by atoms with E-state index in [2.05, 4.69) is 0 Å². The van der Waals surface area contributed by atoms with Crippen molar-refractivity contribution < 1.29 is 9.59 Å². The van der Waals surface area contributed by atoms with Crippen molar-refractivity contribution in [2.24, 2.45) is 16.9 Å². The Balaban J connectivity index is 2.49. The molecule has 1 saturated heterocycles. The van der Waals surface area contributed by atoms with Crippen molar-refractivity contribution in [3.63, 3.8) is 0 Å². The van der Waals surface area contributed by atoms with E-state index in [-0.39, 0.29) is 17.4 Å². The Morgan fingerprint density at radius 1 is 1.41 bits per heavy atom. The Labute approximate surface area is 103 Å². The summed E-state index contributed by atoms with van der Waals surface area (Å²) in [4.78, 5) is 24.9. The molecular formula is C12H23N3O2. The average Bonchev–Trinajstić information content (AvgIpc) is 2.58. The van der Waals surface area contributed by atoms with Crippen LogP contribution in [-0.2, 0) is 9.59 Å². The molecule has 17 heavy (non-hydrogen) atoms. The third-order valence-electron chi connectivity index (χ3n) is 3.40. The number of rotatable bonds is 4. The minimum atomic E-state index is -0.562. The highest BCUT2D eigenvalue weighted by atomic mass is 16.2. The summed E-state index contributed by atoms with van der Waals surface area (Å²) >= 11 is 0. The number of likely N-dealkylation sites (tertiary alicyclic amines) is 1. The molecule has 1 aliphatic rings. The van der Waals surface area contributed by atoms with Crippen LogP contribution in [0.5, 0.6) is 0 Å². The first-order valence-electron chi connectivity index (χ1n) is 6.01. The predicted octanol–water partition coefficient (Wildman–Crippen LogP) is 0.228. The minimum absolute atomic E-state index is 0.0634. The maximum Gasteiger partial charge on any atom is 0.225 e. The van der Waals surface area contributed by atoms with Crippen LogP contribution in [0.15, 0.2) is 0 Å². The van der Waals surface area contributed by atoms with E-state index in [1.165, 1.54) is 0 Å². The number of hydrogen-bond donors (Lipinski definition) is 2. The van der Waals surface area contributed by atoms with Gasteiger partial charge in [-0.2, -0.15) is 0 Å². The van der Waals surface area contributed by atoms with Gasteiger partial charge in [0.2, 0.25) is 11.8 Å². The van der Waals surface area contributed by atoms with Crippen molar-refractivity contribution in [2.75, 3.05) is 13.1 Å². The van der Waals surface area contributed by atoms with Gasteiger partial charge in [-0.25, -0.2) is 0 Å². The molecule has 0 spiro atoms. The van der Waals surface area contributed by atoms with Gasteiger partial charge in [-0.1, -0.05) is 0 Å². The van der Waals surface area contributed by atoms with Gasteiger partial charge in [0.25, 0.3) is 0 Å². The lowest BCUT2D eigenvalue weighted by atomic mass is 9.89. The fraction of sp³-hybridized carbons (Fsp3) is 0.833. The average molecular weight is 241 g/mol. The van der Waals surface area contributed by atoms with E-state index in [1.54, 1.807) is 4.90 Å². The molecular weight excluding hydrogens is 218 g/mol. The molecule has 1 atom stereocenters. The highest BCUT2D eigenvalue weighted by Gasteiger charge is 2.40. The minimum Gasteiger partial charge on any atom is -0.369 e. The van der Waals surface area contributed by atoms with Gasteiger partial charge < -0.3 is 16.4 Å². The Hall–Kier alpha value is -1.10. The summed E-state index contributed by atoms with van der Waals surface area (Å²) in [6, 6.07) is 0. The predicted molar refractivity (Wildman–Crippen MR) is 66.0 cm³/mol. The quantitative estimate of drug-likeness (QED) is 0.738. The Kier molecular flexibility index (Phi) is 3.81. The normalized spacial score (nSPS) is 25.1. The fourth-order valence-corrected chi connectivity index (χ4v) is 1.96. The molecule has 5 nitrogen and oxygen atoms in total. The molecule has 1 heterocycles. The van der Waals surface area contributed by atoms with Crippen LogP contribution >= 0.6 is 0 Å². The molecule has 0 aromatic heterocycles. The summed E-state index contributed by atoms with van der Waals surface area (Å²) in [6.07, 6.45) is 1.73. The second-order valence-corrected chi connectivity index (χ2v) is 5.98. The molecule has 5 heteroatoms. The van der Waals surface area contributed by atoms with Gasteiger partial charge in [0.05, 0.1) is 5.41 Å². The number of carbonyl (C=O) groups excluding carboxylic acids is 2. The van der Waals surface area contributed by atoms with Crippen molar-refractivity contribution in [1.82, 2.24) is 4.90 Å². The lowest BCUT2D eigenvalue weighted by molar-refractivity contribution is -0.132. The van der Waals surface area contributed by atoms with Crippen LogP contribution in [0.25, 0.3) is 0 Å². The molecule has 1 aliphatic heterocycles. The van der Waals surface area contributed by atoms with E-state index in [0.717, 1.165) is 0 Å². The molecule has 1 unspecified atom stereocenters. The van der Waals surface area contributed by atoms with E-state index in [1.807, 2.05) is 20.8 Å². The molecule has 0 radical (unpaired) electrons. The third-order valence-corrected chi connectivity index (χ3v) is 3.40. The van der Waals surface area contributed by atoms with Gasteiger partial charge in [-0.3, -0.25) is 9.59 Å². The zero-order valence-electron chi connectivity index (χ0n) is 11.0. The van der Waals surface area contributed by atoms with Crippen LogP contribution in [0.3, 0.4) is 0 Å². The van der Waals surface area contributed by atoms with Crippen LogP contribution in [0.1, 0.15) is 40.0 Å². The first-order valence-corrected chi connectivity index (χ1v) is 6.01. The van der Waals surface area contributed by atoms with E-state index in [0.29, 0.717) is 32.4 Å². The summed E-state index contributed by atoms with van der Waals surface area (Å²) < 4.78 is 0. The molecule has 98 valence electrons. The summed E-state index contributed by atoms with van der Waals surface area (Å²) in [7, 11) is 0. The number of nitrogens with two attached hydrogens (primary N) is 2. The molecule has 1 fully saturated rings. The highest BCUT2D eigenvalue weighted by molar-refractivity contribution is 5.83. The molecule has 1 rings (SSSR count). The van der Waals surface area contributed by atoms with Crippen LogP contribution < -0.4 is 11.5 Å². The largest absolute Gasteiger partial charge is 0.369 e. The van der Waals surface area contributed by atoms with Crippen LogP contribution in [-0.4, -0.2) is 35.3 Å². The number of nitrogens with zero attached hydrogens (tertiary/aromatic N) is 1. The van der Waals surface area contributed by atoms with Crippen molar-refractivity contribution in [3.05, 3.63) is 0 Å². The molecule has 0 aliphatic carbocycles. The monoisotopic (exact) mass is 241 g/mol. The summed E-state index contributed by atoms with van der Waals surface area (Å²) in [5.74, 6) is -0.263. The maximum absolute atomic E-state index is 11.9. The van der Waals surface area contributed by atoms with Gasteiger partial charge in [0, 0.05) is 25.0 Å². The number of primary amides is 1. The Morgan fingerprint density at radius 3 is 2.41 bits per heavy atom. The Morgan fingerprint density at radius 2 is 2.00 bits per heavy atom. The van der Waals surface area contributed by atoms with Gasteiger partial charge in [-0.15, -0.1) is 0 Å². The smallest absolute Gasteiger partial charge is 0.225 e. The van der Waals surface area contributed by atoms with Gasteiger partial charge >= 0.3 is 0 Å². The summed E-state index contributed by atoms with van der Waals surface area (Å²) in [5, 5.41) is 0. The zero-order chi connectivity index (χ0) is 13.3. The summed E-state index contributed by atoms with van der Waals surface area (Å²) in [6.45, 7) is 6.67. The molecule has 2 amide bonds. The van der Waals surface area contributed by atoms with E-state index in [4.69, 9.17) is 11.5 Å². The lowest BCUT2D eigenvalue weighted by Gasteiger charge is -2.23. The number of amides is 2. The molecule has 0 aromatic carbocycles. The maximum atomic E-state index is 11.9. The van der Waals surface area contributed by atoms with E-state index in [9.17, 15) is 9.59 Å². The molecule has 0 saturated carbocycles. The SMILES string of the molecule is CC(C)(N)CCC(=O)N1CCC(C)(C(N)=O)C1. The molecule has 0 bridgehead atoms. The summed E-state index contributed by atoms with van der Waals surface area (Å²) in [5.41, 5.74) is 10.3. The van der Waals surface area contributed by atoms with Crippen molar-refractivity contribution in [2.45, 2.75) is 45.6 Å². The second-order valence-electron chi connectivity index (χ2n) is 5.98. The van der Waals surface area contributed by atoms with Crippen LogP contribution in [0, 0.1) is 5.41 Å². The van der Waals surface area contributed by atoms with Crippen molar-refractivity contribution >= 4 is 11.8 Å². The van der Waals surface area contributed by atoms with E-state index >= 15 is 0 Å². The first kappa shape index (κ1) is 14.0. The van der Waals surface area contributed by atoms with Gasteiger partial charge in [-0.05, 0) is 33.6 Å². The zero-order valence-corrected chi connectivity index (χ0v) is 11.0. The lowest BCUT2D eigenvalue weighted by Crippen LogP contribution is -2.39. The van der Waals surface area contributed by atoms with Crippen molar-refractivity contribution in [3.8, 4) is 0 Å². The topological polar surface area (TPSA) is 89.4 Å². The standard InChI is InChI=1S/C12H23N3O2/c1-11(2,14)5-4-9(16)15-7-6-12(3,8-15)10(13)17/h4-8,14H2,1-3H3,(H2,13,17). The van der Waals surface area contributed by atoms with E-state index < -0.39 is 5.41 Å². The molecule has 0 aromatic rings. The third kappa shape index (κ3) is 3.70. The van der Waals surface area contributed by atoms with Crippen molar-refractivity contribution in [1.29, 1.82) is 0 Å². The van der Waals surface area contributed by atoms with Gasteiger partial charge in [0.15, 0.2) is 0 Å². The second kappa shape index (κ2) is 4.64. The number of hydrogen-bond acceptors (Lipinski definition) is 3. The van der Waals surface area contributed by atoms with Crippen LogP contribution in [0.2, 0.25) is 0 Å². The van der Waals surface area contributed by atoms with Gasteiger partial charge in [0.1, 0.15) is 0 Å². The molecule has 4 N–H and O–H groups in total. The number of carbonyl (C=O) groups is 2. The highest BCUT2D eigenvalue weighted by Crippen LogP contribution is 2.30. The van der Waals surface area contributed by atoms with Crippen LogP contribution in [0.4, 0.5) is 0 Å². The fourth-order valence-electron chi connectivity index (χ4n) is 1.96.